The highest BCUT2D eigenvalue weighted by Gasteiger charge is 2.57. The van der Waals surface area contributed by atoms with Gasteiger partial charge in [-0.25, -0.2) is 0 Å². The monoisotopic (exact) mass is 151 g/mol. The number of rotatable bonds is 1. The molecule has 0 spiro atoms. The lowest BCUT2D eigenvalue weighted by molar-refractivity contribution is -0.145. The van der Waals surface area contributed by atoms with Gasteiger partial charge in [0.2, 0.25) is 0 Å². The Morgan fingerprint density at radius 3 is 1.73 bits per heavy atom. The number of nitriles is 1. The quantitative estimate of drug-likeness (QED) is 0.618. The molecule has 0 aromatic carbocycles. The number of nitrogens with zero attached hydrogens (tertiary/aromatic N) is 1. The molecule has 2 aliphatic rings. The molecule has 2 aliphatic carbocycles. The topological polar surface area (TPSA) is 44.0 Å². The first-order valence-corrected chi connectivity index (χ1v) is 4.36. The van der Waals surface area contributed by atoms with Crippen molar-refractivity contribution in [3.63, 3.8) is 0 Å². The Labute approximate surface area is 66.8 Å². The van der Waals surface area contributed by atoms with Crippen molar-refractivity contribution >= 4 is 0 Å². The van der Waals surface area contributed by atoms with Gasteiger partial charge < -0.3 is 5.11 Å². The molecule has 0 amide bonds. The second kappa shape index (κ2) is 1.98. The minimum absolute atomic E-state index is 0.342. The van der Waals surface area contributed by atoms with Gasteiger partial charge in [0.15, 0.2) is 0 Å². The first-order valence-electron chi connectivity index (χ1n) is 4.36. The van der Waals surface area contributed by atoms with Crippen LogP contribution < -0.4 is 0 Å². The predicted molar refractivity (Wildman–Crippen MR) is 40.7 cm³/mol. The molecular formula is C9H13NO. The standard InChI is InChI=1S/C9H13NO/c10-7-8(3-1-4-8)9(11)5-2-6-9/h11H,1-6H2. The van der Waals surface area contributed by atoms with Crippen molar-refractivity contribution in [1.82, 2.24) is 0 Å². The van der Waals surface area contributed by atoms with E-state index in [-0.39, 0.29) is 5.41 Å². The van der Waals surface area contributed by atoms with Crippen LogP contribution >= 0.6 is 0 Å². The van der Waals surface area contributed by atoms with E-state index in [1.807, 2.05) is 0 Å². The van der Waals surface area contributed by atoms with E-state index in [0.29, 0.717) is 0 Å². The molecule has 0 saturated heterocycles. The highest BCUT2D eigenvalue weighted by Crippen LogP contribution is 2.56. The summed E-state index contributed by atoms with van der Waals surface area (Å²) in [5.74, 6) is 0. The third-order valence-electron chi connectivity index (χ3n) is 3.49. The van der Waals surface area contributed by atoms with E-state index in [4.69, 9.17) is 5.26 Å². The van der Waals surface area contributed by atoms with Crippen molar-refractivity contribution in [1.29, 1.82) is 5.26 Å². The Morgan fingerprint density at radius 2 is 1.64 bits per heavy atom. The van der Waals surface area contributed by atoms with E-state index in [1.54, 1.807) is 0 Å². The zero-order valence-electron chi connectivity index (χ0n) is 6.64. The van der Waals surface area contributed by atoms with Crippen molar-refractivity contribution in [2.45, 2.75) is 44.1 Å². The number of hydrogen-bond acceptors (Lipinski definition) is 2. The predicted octanol–water partition coefficient (Wildman–Crippen LogP) is 1.60. The molecule has 0 aromatic rings. The smallest absolute Gasteiger partial charge is 0.0860 e. The summed E-state index contributed by atoms with van der Waals surface area (Å²) in [5, 5.41) is 18.9. The van der Waals surface area contributed by atoms with Gasteiger partial charge in [-0.05, 0) is 32.1 Å². The van der Waals surface area contributed by atoms with Gasteiger partial charge in [-0.2, -0.15) is 5.26 Å². The van der Waals surface area contributed by atoms with Gasteiger partial charge in [-0.1, -0.05) is 6.42 Å². The molecular weight excluding hydrogens is 138 g/mol. The number of aliphatic hydroxyl groups is 1. The van der Waals surface area contributed by atoms with Crippen LogP contribution in [0.5, 0.6) is 0 Å². The summed E-state index contributed by atoms with van der Waals surface area (Å²) < 4.78 is 0. The van der Waals surface area contributed by atoms with Crippen LogP contribution in [0.4, 0.5) is 0 Å². The SMILES string of the molecule is N#CC1(C2(O)CCC2)CCC1. The fourth-order valence-electron chi connectivity index (χ4n) is 2.20. The summed E-state index contributed by atoms with van der Waals surface area (Å²) in [6.45, 7) is 0. The first kappa shape index (κ1) is 7.12. The second-order valence-corrected chi connectivity index (χ2v) is 3.93. The Morgan fingerprint density at radius 1 is 1.09 bits per heavy atom. The van der Waals surface area contributed by atoms with E-state index >= 15 is 0 Å². The average molecular weight is 151 g/mol. The van der Waals surface area contributed by atoms with E-state index in [1.165, 1.54) is 0 Å². The van der Waals surface area contributed by atoms with E-state index < -0.39 is 5.60 Å². The van der Waals surface area contributed by atoms with Crippen LogP contribution in [0.1, 0.15) is 38.5 Å². The lowest BCUT2D eigenvalue weighted by Crippen LogP contribution is -2.55. The highest BCUT2D eigenvalue weighted by molar-refractivity contribution is 5.18. The Kier molecular flexibility index (Phi) is 1.28. The Balaban J connectivity index is 2.18. The fraction of sp³-hybridized carbons (Fsp3) is 0.889. The van der Waals surface area contributed by atoms with Crippen LogP contribution in [0, 0.1) is 16.7 Å². The molecule has 11 heavy (non-hydrogen) atoms. The van der Waals surface area contributed by atoms with Crippen molar-refractivity contribution in [2.75, 3.05) is 0 Å². The first-order chi connectivity index (χ1) is 5.22. The molecule has 1 N–H and O–H groups in total. The molecule has 60 valence electrons. The summed E-state index contributed by atoms with van der Waals surface area (Å²) in [4.78, 5) is 0. The molecule has 2 fully saturated rings. The van der Waals surface area contributed by atoms with Crippen LogP contribution in [0.25, 0.3) is 0 Å². The molecule has 0 radical (unpaired) electrons. The molecule has 0 heterocycles. The molecule has 2 saturated carbocycles. The molecule has 0 unspecified atom stereocenters. The van der Waals surface area contributed by atoms with Crippen molar-refractivity contribution < 1.29 is 5.11 Å². The minimum atomic E-state index is -0.597. The van der Waals surface area contributed by atoms with Crippen LogP contribution in [-0.2, 0) is 0 Å². The molecule has 0 bridgehead atoms. The lowest BCUT2D eigenvalue weighted by atomic mass is 9.53. The van der Waals surface area contributed by atoms with E-state index in [9.17, 15) is 5.11 Å². The average Bonchev–Trinajstić information content (AvgIpc) is 1.83. The summed E-state index contributed by atoms with van der Waals surface area (Å²) in [5.41, 5.74) is -0.939. The van der Waals surface area contributed by atoms with Gasteiger partial charge in [0.05, 0.1) is 17.1 Å². The summed E-state index contributed by atoms with van der Waals surface area (Å²) in [6.07, 6.45) is 5.75. The normalized spacial score (nSPS) is 31.3. The third kappa shape index (κ3) is 0.696. The summed E-state index contributed by atoms with van der Waals surface area (Å²) >= 11 is 0. The number of hydrogen-bond donors (Lipinski definition) is 1. The maximum Gasteiger partial charge on any atom is 0.0860 e. The van der Waals surface area contributed by atoms with Crippen LogP contribution in [-0.4, -0.2) is 10.7 Å². The largest absolute Gasteiger partial charge is 0.388 e. The van der Waals surface area contributed by atoms with Crippen LogP contribution in [0.2, 0.25) is 0 Å². The fourth-order valence-corrected chi connectivity index (χ4v) is 2.20. The van der Waals surface area contributed by atoms with Gasteiger partial charge in [0.1, 0.15) is 0 Å². The van der Waals surface area contributed by atoms with Crippen molar-refractivity contribution in [3.05, 3.63) is 0 Å². The zero-order chi connectivity index (χ0) is 7.95. The van der Waals surface area contributed by atoms with Crippen LogP contribution in [0.15, 0.2) is 0 Å². The molecule has 2 nitrogen and oxygen atoms in total. The van der Waals surface area contributed by atoms with Crippen molar-refractivity contribution in [2.24, 2.45) is 5.41 Å². The third-order valence-corrected chi connectivity index (χ3v) is 3.49. The van der Waals surface area contributed by atoms with E-state index in [2.05, 4.69) is 6.07 Å². The Hall–Kier alpha value is -0.550. The molecule has 2 rings (SSSR count). The molecule has 0 atom stereocenters. The van der Waals surface area contributed by atoms with Gasteiger partial charge in [-0.15, -0.1) is 0 Å². The second-order valence-electron chi connectivity index (χ2n) is 3.93. The molecule has 0 aliphatic heterocycles. The highest BCUT2D eigenvalue weighted by atomic mass is 16.3. The molecule has 0 aromatic heterocycles. The van der Waals surface area contributed by atoms with Gasteiger partial charge in [-0.3, -0.25) is 0 Å². The van der Waals surface area contributed by atoms with Crippen molar-refractivity contribution in [3.8, 4) is 6.07 Å². The zero-order valence-corrected chi connectivity index (χ0v) is 6.64. The van der Waals surface area contributed by atoms with Gasteiger partial charge in [0.25, 0.3) is 0 Å². The molecule has 2 heteroatoms. The maximum absolute atomic E-state index is 9.96. The maximum atomic E-state index is 9.96. The lowest BCUT2D eigenvalue weighted by Gasteiger charge is -2.53. The van der Waals surface area contributed by atoms with E-state index in [0.717, 1.165) is 38.5 Å². The minimum Gasteiger partial charge on any atom is -0.388 e. The Bertz CT molecular complexity index is 208. The van der Waals surface area contributed by atoms with Gasteiger partial charge >= 0.3 is 0 Å². The van der Waals surface area contributed by atoms with Gasteiger partial charge in [0, 0.05) is 0 Å². The summed E-state index contributed by atoms with van der Waals surface area (Å²) in [7, 11) is 0. The van der Waals surface area contributed by atoms with Crippen LogP contribution in [0.3, 0.4) is 0 Å². The summed E-state index contributed by atoms with van der Waals surface area (Å²) in [6, 6.07) is 2.31.